The van der Waals surface area contributed by atoms with Crippen molar-refractivity contribution in [1.82, 2.24) is 5.32 Å². The van der Waals surface area contributed by atoms with Gasteiger partial charge in [0.2, 0.25) is 5.91 Å². The lowest BCUT2D eigenvalue weighted by Crippen LogP contribution is -2.32. The molecule has 1 saturated heterocycles. The number of hydrogen-bond acceptors (Lipinski definition) is 4. The van der Waals surface area contributed by atoms with E-state index < -0.39 is 33.8 Å². The number of benzene rings is 1. The molecule has 0 bridgehead atoms. The van der Waals surface area contributed by atoms with Crippen molar-refractivity contribution in [2.75, 3.05) is 18.4 Å². The van der Waals surface area contributed by atoms with Crippen molar-refractivity contribution in [1.29, 1.82) is 0 Å². The molecule has 1 aromatic carbocycles. The molecule has 0 aliphatic carbocycles. The molecule has 1 heterocycles. The summed E-state index contributed by atoms with van der Waals surface area (Å²) in [6.07, 6.45) is 1.96. The van der Waals surface area contributed by atoms with Gasteiger partial charge in [0.25, 0.3) is 5.69 Å². The van der Waals surface area contributed by atoms with Crippen LogP contribution in [0.25, 0.3) is 0 Å². The summed E-state index contributed by atoms with van der Waals surface area (Å²) in [5.41, 5.74) is -1.38. The van der Waals surface area contributed by atoms with Crippen LogP contribution in [0.2, 0.25) is 0 Å². The molecule has 2 rings (SSSR count). The molecule has 21 heavy (non-hydrogen) atoms. The lowest BCUT2D eigenvalue weighted by molar-refractivity contribution is -0.384. The predicted octanol–water partition coefficient (Wildman–Crippen LogP) is 2.20. The SMILES string of the molecule is O=C(CC1CCCNC1)Nc1c(F)cc(F)cc1[N+](=O)[O-]. The third-order valence-electron chi connectivity index (χ3n) is 3.37. The van der Waals surface area contributed by atoms with Crippen LogP contribution in [0.1, 0.15) is 19.3 Å². The summed E-state index contributed by atoms with van der Waals surface area (Å²) in [6.45, 7) is 1.58. The average molecular weight is 299 g/mol. The second kappa shape index (κ2) is 6.57. The Labute approximate surface area is 119 Å². The first kappa shape index (κ1) is 15.3. The van der Waals surface area contributed by atoms with Gasteiger partial charge in [-0.1, -0.05) is 0 Å². The number of nitro groups is 1. The molecule has 1 aliphatic heterocycles. The van der Waals surface area contributed by atoms with Crippen LogP contribution in [0.3, 0.4) is 0 Å². The molecular weight excluding hydrogens is 284 g/mol. The Morgan fingerprint density at radius 2 is 2.24 bits per heavy atom. The zero-order valence-corrected chi connectivity index (χ0v) is 11.2. The summed E-state index contributed by atoms with van der Waals surface area (Å²) in [4.78, 5) is 21.8. The van der Waals surface area contributed by atoms with Crippen LogP contribution in [0.4, 0.5) is 20.2 Å². The zero-order valence-electron chi connectivity index (χ0n) is 11.2. The lowest BCUT2D eigenvalue weighted by atomic mass is 9.96. The average Bonchev–Trinajstić information content (AvgIpc) is 2.42. The molecule has 1 unspecified atom stereocenters. The van der Waals surface area contributed by atoms with E-state index in [1.807, 2.05) is 0 Å². The standard InChI is InChI=1S/C13H15F2N3O3/c14-9-5-10(15)13(11(6-9)18(20)21)17-12(19)4-8-2-1-3-16-7-8/h5-6,8,16H,1-4,7H2,(H,17,19). The minimum absolute atomic E-state index is 0.112. The fourth-order valence-corrected chi connectivity index (χ4v) is 2.38. The van der Waals surface area contributed by atoms with Crippen molar-refractivity contribution < 1.29 is 18.5 Å². The summed E-state index contributed by atoms with van der Waals surface area (Å²) in [6, 6.07) is 1.09. The maximum atomic E-state index is 13.6. The third-order valence-corrected chi connectivity index (χ3v) is 3.37. The van der Waals surface area contributed by atoms with Gasteiger partial charge in [0.15, 0.2) is 11.5 Å². The molecule has 1 aromatic rings. The topological polar surface area (TPSA) is 84.3 Å². The van der Waals surface area contributed by atoms with Gasteiger partial charge in [0.1, 0.15) is 5.82 Å². The summed E-state index contributed by atoms with van der Waals surface area (Å²) in [7, 11) is 0. The van der Waals surface area contributed by atoms with Gasteiger partial charge in [-0.05, 0) is 31.8 Å². The highest BCUT2D eigenvalue weighted by atomic mass is 19.1. The molecule has 0 spiro atoms. The van der Waals surface area contributed by atoms with Crippen molar-refractivity contribution >= 4 is 17.3 Å². The highest BCUT2D eigenvalue weighted by Gasteiger charge is 2.24. The van der Waals surface area contributed by atoms with E-state index in [0.717, 1.165) is 19.4 Å². The Hall–Kier alpha value is -2.09. The number of carbonyl (C=O) groups excluding carboxylic acids is 1. The largest absolute Gasteiger partial charge is 0.318 e. The minimum atomic E-state index is -1.16. The normalized spacial score (nSPS) is 18.3. The van der Waals surface area contributed by atoms with E-state index in [-0.39, 0.29) is 12.3 Å². The Balaban J connectivity index is 2.11. The van der Waals surface area contributed by atoms with E-state index in [9.17, 15) is 23.7 Å². The maximum absolute atomic E-state index is 13.6. The van der Waals surface area contributed by atoms with Crippen LogP contribution in [0, 0.1) is 27.7 Å². The molecule has 114 valence electrons. The lowest BCUT2D eigenvalue weighted by Gasteiger charge is -2.22. The van der Waals surface area contributed by atoms with Gasteiger partial charge in [0.05, 0.1) is 11.0 Å². The summed E-state index contributed by atoms with van der Waals surface area (Å²) in [5.74, 6) is -2.62. The molecule has 6 nitrogen and oxygen atoms in total. The van der Waals surface area contributed by atoms with Gasteiger partial charge in [-0.3, -0.25) is 14.9 Å². The van der Waals surface area contributed by atoms with Crippen molar-refractivity contribution in [2.24, 2.45) is 5.92 Å². The second-order valence-electron chi connectivity index (χ2n) is 5.00. The monoisotopic (exact) mass is 299 g/mol. The van der Waals surface area contributed by atoms with Gasteiger partial charge in [0, 0.05) is 12.5 Å². The van der Waals surface area contributed by atoms with Crippen LogP contribution in [0.15, 0.2) is 12.1 Å². The van der Waals surface area contributed by atoms with Gasteiger partial charge in [-0.25, -0.2) is 8.78 Å². The molecule has 8 heteroatoms. The number of hydrogen-bond donors (Lipinski definition) is 2. The van der Waals surface area contributed by atoms with E-state index in [1.165, 1.54) is 0 Å². The highest BCUT2D eigenvalue weighted by molar-refractivity contribution is 5.93. The number of rotatable bonds is 4. The Morgan fingerprint density at radius 1 is 1.48 bits per heavy atom. The van der Waals surface area contributed by atoms with Gasteiger partial charge in [-0.2, -0.15) is 0 Å². The Kier molecular flexibility index (Phi) is 4.79. The zero-order chi connectivity index (χ0) is 15.4. The number of nitrogens with zero attached hydrogens (tertiary/aromatic N) is 1. The van der Waals surface area contributed by atoms with Gasteiger partial charge < -0.3 is 10.6 Å². The molecule has 1 fully saturated rings. The summed E-state index contributed by atoms with van der Waals surface area (Å²) < 4.78 is 26.7. The molecular formula is C13H15F2N3O3. The predicted molar refractivity (Wildman–Crippen MR) is 71.9 cm³/mol. The van der Waals surface area contributed by atoms with E-state index in [1.54, 1.807) is 0 Å². The van der Waals surface area contributed by atoms with E-state index in [4.69, 9.17) is 0 Å². The van der Waals surface area contributed by atoms with Crippen LogP contribution in [-0.4, -0.2) is 23.9 Å². The highest BCUT2D eigenvalue weighted by Crippen LogP contribution is 2.29. The molecule has 2 N–H and O–H groups in total. The quantitative estimate of drug-likeness (QED) is 0.659. The third kappa shape index (κ3) is 3.94. The smallest absolute Gasteiger partial charge is 0.298 e. The number of anilines is 1. The van der Waals surface area contributed by atoms with Gasteiger partial charge >= 0.3 is 0 Å². The number of amides is 1. The molecule has 0 saturated carbocycles. The number of nitrogens with one attached hydrogen (secondary N) is 2. The molecule has 1 amide bonds. The Morgan fingerprint density at radius 3 is 2.86 bits per heavy atom. The van der Waals surface area contributed by atoms with Gasteiger partial charge in [-0.15, -0.1) is 0 Å². The molecule has 1 atom stereocenters. The second-order valence-corrected chi connectivity index (χ2v) is 5.00. The fourth-order valence-electron chi connectivity index (χ4n) is 2.38. The number of piperidine rings is 1. The van der Waals surface area contributed by atoms with E-state index >= 15 is 0 Å². The molecule has 0 aromatic heterocycles. The van der Waals surface area contributed by atoms with Crippen molar-refractivity contribution in [3.63, 3.8) is 0 Å². The van der Waals surface area contributed by atoms with E-state index in [2.05, 4.69) is 10.6 Å². The maximum Gasteiger partial charge on any atom is 0.298 e. The van der Waals surface area contributed by atoms with Crippen LogP contribution in [-0.2, 0) is 4.79 Å². The molecule has 0 radical (unpaired) electrons. The summed E-state index contributed by atoms with van der Waals surface area (Å²) >= 11 is 0. The van der Waals surface area contributed by atoms with E-state index in [0.29, 0.717) is 18.7 Å². The van der Waals surface area contributed by atoms with Crippen molar-refractivity contribution in [2.45, 2.75) is 19.3 Å². The number of nitro benzene ring substituents is 1. The first-order valence-electron chi connectivity index (χ1n) is 6.61. The van der Waals surface area contributed by atoms with Crippen molar-refractivity contribution in [3.8, 4) is 0 Å². The van der Waals surface area contributed by atoms with Crippen molar-refractivity contribution in [3.05, 3.63) is 33.9 Å². The first-order valence-corrected chi connectivity index (χ1v) is 6.61. The molecule has 1 aliphatic rings. The first-order chi connectivity index (χ1) is 9.97. The summed E-state index contributed by atoms with van der Waals surface area (Å²) in [5, 5.41) is 16.1. The number of halogens is 2. The van der Waals surface area contributed by atoms with Crippen LogP contribution >= 0.6 is 0 Å². The van der Waals surface area contributed by atoms with Crippen LogP contribution in [0.5, 0.6) is 0 Å². The fraction of sp³-hybridized carbons (Fsp3) is 0.462. The minimum Gasteiger partial charge on any atom is -0.318 e. The van der Waals surface area contributed by atoms with Crippen LogP contribution < -0.4 is 10.6 Å². The number of carbonyl (C=O) groups is 1. The Bertz CT molecular complexity index is 560.